The molecule has 0 aliphatic heterocycles. The summed E-state index contributed by atoms with van der Waals surface area (Å²) in [5.74, 6) is 0.457. The van der Waals surface area contributed by atoms with Crippen LogP contribution in [0.25, 0.3) is 0 Å². The molecule has 17 heavy (non-hydrogen) atoms. The van der Waals surface area contributed by atoms with Crippen molar-refractivity contribution in [3.05, 3.63) is 23.2 Å². The van der Waals surface area contributed by atoms with Gasteiger partial charge >= 0.3 is 6.18 Å². The van der Waals surface area contributed by atoms with Gasteiger partial charge in [-0.25, -0.2) is 0 Å². The van der Waals surface area contributed by atoms with Gasteiger partial charge in [0.1, 0.15) is 5.75 Å². The van der Waals surface area contributed by atoms with E-state index in [2.05, 4.69) is 5.32 Å². The van der Waals surface area contributed by atoms with E-state index in [9.17, 15) is 13.2 Å². The number of methoxy groups -OCH3 is 1. The number of anilines is 1. The standard InChI is InChI=1S/C10H11ClF3NO2/c1-17-6-2-3-7(11)8(4-6)15-5-9(16)10(12,13)14/h2-4,9,15-16H,5H2,1H3. The highest BCUT2D eigenvalue weighted by Gasteiger charge is 2.37. The summed E-state index contributed by atoms with van der Waals surface area (Å²) in [7, 11) is 1.43. The van der Waals surface area contributed by atoms with Crippen molar-refractivity contribution in [2.75, 3.05) is 19.0 Å². The first kappa shape index (κ1) is 13.9. The molecule has 0 bridgehead atoms. The number of alkyl halides is 3. The molecule has 1 unspecified atom stereocenters. The normalized spacial score (nSPS) is 13.3. The quantitative estimate of drug-likeness (QED) is 0.883. The molecule has 96 valence electrons. The molecular formula is C10H11ClF3NO2. The molecule has 0 spiro atoms. The van der Waals surface area contributed by atoms with E-state index in [1.807, 2.05) is 0 Å². The number of benzene rings is 1. The summed E-state index contributed by atoms with van der Waals surface area (Å²) in [5, 5.41) is 11.5. The molecule has 0 aromatic heterocycles. The molecule has 0 radical (unpaired) electrons. The van der Waals surface area contributed by atoms with E-state index < -0.39 is 18.8 Å². The minimum atomic E-state index is -4.65. The topological polar surface area (TPSA) is 41.5 Å². The Hall–Kier alpha value is -1.14. The molecule has 0 fully saturated rings. The fraction of sp³-hybridized carbons (Fsp3) is 0.400. The molecule has 2 N–H and O–H groups in total. The first-order chi connectivity index (χ1) is 7.84. The Morgan fingerprint density at radius 1 is 1.47 bits per heavy atom. The number of aliphatic hydroxyl groups excluding tert-OH is 1. The van der Waals surface area contributed by atoms with Crippen molar-refractivity contribution in [3.8, 4) is 5.75 Å². The van der Waals surface area contributed by atoms with Crippen molar-refractivity contribution in [1.29, 1.82) is 0 Å². The summed E-state index contributed by atoms with van der Waals surface area (Å²) < 4.78 is 41.1. The SMILES string of the molecule is COc1ccc(Cl)c(NCC(O)C(F)(F)F)c1. The Morgan fingerprint density at radius 3 is 2.65 bits per heavy atom. The van der Waals surface area contributed by atoms with Crippen LogP contribution in [-0.2, 0) is 0 Å². The van der Waals surface area contributed by atoms with Gasteiger partial charge in [0, 0.05) is 12.6 Å². The summed E-state index contributed by atoms with van der Waals surface area (Å²) in [6.45, 7) is -0.670. The highest BCUT2D eigenvalue weighted by Crippen LogP contribution is 2.27. The largest absolute Gasteiger partial charge is 0.497 e. The molecule has 1 rings (SSSR count). The zero-order valence-corrected chi connectivity index (χ0v) is 9.64. The van der Waals surface area contributed by atoms with E-state index in [1.165, 1.54) is 19.2 Å². The first-order valence-electron chi connectivity index (χ1n) is 4.67. The third-order valence-corrected chi connectivity index (χ3v) is 2.37. The van der Waals surface area contributed by atoms with Crippen molar-refractivity contribution in [3.63, 3.8) is 0 Å². The number of halogens is 4. The van der Waals surface area contributed by atoms with Crippen molar-refractivity contribution in [2.24, 2.45) is 0 Å². The molecule has 0 saturated carbocycles. The molecule has 0 amide bonds. The zero-order chi connectivity index (χ0) is 13.1. The lowest BCUT2D eigenvalue weighted by molar-refractivity contribution is -0.198. The maximum Gasteiger partial charge on any atom is 0.416 e. The second-order valence-electron chi connectivity index (χ2n) is 3.28. The number of rotatable bonds is 4. The van der Waals surface area contributed by atoms with Crippen LogP contribution in [0.4, 0.5) is 18.9 Å². The summed E-state index contributed by atoms with van der Waals surface area (Å²) in [5.41, 5.74) is 0.273. The number of hydrogen-bond acceptors (Lipinski definition) is 3. The van der Waals surface area contributed by atoms with Gasteiger partial charge in [0.2, 0.25) is 0 Å². The van der Waals surface area contributed by atoms with Gasteiger partial charge in [0.25, 0.3) is 0 Å². The third kappa shape index (κ3) is 3.98. The highest BCUT2D eigenvalue weighted by atomic mass is 35.5. The second kappa shape index (κ2) is 5.46. The van der Waals surface area contributed by atoms with Crippen molar-refractivity contribution in [1.82, 2.24) is 0 Å². The van der Waals surface area contributed by atoms with Crippen LogP contribution in [-0.4, -0.2) is 31.0 Å². The Balaban J connectivity index is 2.69. The minimum absolute atomic E-state index is 0.250. The predicted molar refractivity (Wildman–Crippen MR) is 58.6 cm³/mol. The molecule has 1 aromatic carbocycles. The van der Waals surface area contributed by atoms with Gasteiger partial charge in [-0.2, -0.15) is 13.2 Å². The molecule has 7 heteroatoms. The van der Waals surface area contributed by atoms with Crippen LogP contribution in [0.15, 0.2) is 18.2 Å². The Labute approximate surface area is 101 Å². The van der Waals surface area contributed by atoms with Crippen LogP contribution in [0.1, 0.15) is 0 Å². The van der Waals surface area contributed by atoms with E-state index in [0.717, 1.165) is 0 Å². The van der Waals surface area contributed by atoms with Gasteiger partial charge in [-0.05, 0) is 12.1 Å². The summed E-state index contributed by atoms with van der Waals surface area (Å²) in [6, 6.07) is 4.52. The Kier molecular flexibility index (Phi) is 4.47. The molecule has 0 saturated heterocycles. The second-order valence-corrected chi connectivity index (χ2v) is 3.69. The predicted octanol–water partition coefficient (Wildman–Crippen LogP) is 2.68. The Bertz CT molecular complexity index is 384. The molecule has 3 nitrogen and oxygen atoms in total. The van der Waals surface area contributed by atoms with Crippen LogP contribution in [0.5, 0.6) is 5.75 Å². The van der Waals surface area contributed by atoms with Gasteiger partial charge in [0.05, 0.1) is 17.8 Å². The third-order valence-electron chi connectivity index (χ3n) is 2.04. The van der Waals surface area contributed by atoms with Crippen LogP contribution < -0.4 is 10.1 Å². The van der Waals surface area contributed by atoms with Crippen molar-refractivity contribution < 1.29 is 23.0 Å². The fourth-order valence-corrected chi connectivity index (χ4v) is 1.27. The molecule has 0 aliphatic carbocycles. The first-order valence-corrected chi connectivity index (χ1v) is 5.04. The molecule has 0 heterocycles. The van der Waals surface area contributed by atoms with Crippen LogP contribution in [0.3, 0.4) is 0 Å². The number of nitrogens with one attached hydrogen (secondary N) is 1. The monoisotopic (exact) mass is 269 g/mol. The van der Waals surface area contributed by atoms with Gasteiger partial charge in [-0.3, -0.25) is 0 Å². The van der Waals surface area contributed by atoms with Gasteiger partial charge in [0.15, 0.2) is 6.10 Å². The summed E-state index contributed by atoms with van der Waals surface area (Å²) >= 11 is 5.77. The average molecular weight is 270 g/mol. The smallest absolute Gasteiger partial charge is 0.416 e. The van der Waals surface area contributed by atoms with E-state index in [-0.39, 0.29) is 10.7 Å². The maximum atomic E-state index is 12.1. The summed E-state index contributed by atoms with van der Waals surface area (Å²) in [4.78, 5) is 0. The number of ether oxygens (including phenoxy) is 1. The number of hydrogen-bond donors (Lipinski definition) is 2. The highest BCUT2D eigenvalue weighted by molar-refractivity contribution is 6.33. The van der Waals surface area contributed by atoms with Crippen molar-refractivity contribution >= 4 is 17.3 Å². The summed E-state index contributed by atoms with van der Waals surface area (Å²) in [6.07, 6.45) is -7.09. The molecule has 0 aliphatic rings. The zero-order valence-electron chi connectivity index (χ0n) is 8.88. The van der Waals surface area contributed by atoms with E-state index in [4.69, 9.17) is 21.4 Å². The van der Waals surface area contributed by atoms with Crippen LogP contribution in [0.2, 0.25) is 5.02 Å². The van der Waals surface area contributed by atoms with E-state index >= 15 is 0 Å². The molecule has 1 atom stereocenters. The lowest BCUT2D eigenvalue weighted by Gasteiger charge is -2.16. The van der Waals surface area contributed by atoms with E-state index in [0.29, 0.717) is 5.75 Å². The molecule has 1 aromatic rings. The van der Waals surface area contributed by atoms with Crippen LogP contribution in [0, 0.1) is 0 Å². The number of aliphatic hydroxyl groups is 1. The average Bonchev–Trinajstić information content (AvgIpc) is 2.26. The van der Waals surface area contributed by atoms with Gasteiger partial charge < -0.3 is 15.2 Å². The lowest BCUT2D eigenvalue weighted by atomic mass is 10.2. The minimum Gasteiger partial charge on any atom is -0.497 e. The molecular weight excluding hydrogens is 259 g/mol. The lowest BCUT2D eigenvalue weighted by Crippen LogP contribution is -2.35. The van der Waals surface area contributed by atoms with Crippen molar-refractivity contribution in [2.45, 2.75) is 12.3 Å². The van der Waals surface area contributed by atoms with Crippen LogP contribution >= 0.6 is 11.6 Å². The van der Waals surface area contributed by atoms with Gasteiger partial charge in [-0.15, -0.1) is 0 Å². The van der Waals surface area contributed by atoms with E-state index in [1.54, 1.807) is 6.07 Å². The fourth-order valence-electron chi connectivity index (χ4n) is 1.09. The van der Waals surface area contributed by atoms with Gasteiger partial charge in [-0.1, -0.05) is 11.6 Å². The maximum absolute atomic E-state index is 12.1. The Morgan fingerprint density at radius 2 is 2.12 bits per heavy atom.